The first-order valence-corrected chi connectivity index (χ1v) is 8.38. The highest BCUT2D eigenvalue weighted by Crippen LogP contribution is 2.28. The van der Waals surface area contributed by atoms with E-state index in [2.05, 4.69) is 16.4 Å². The van der Waals surface area contributed by atoms with Crippen molar-refractivity contribution >= 4 is 35.0 Å². The Bertz CT molecular complexity index is 835. The van der Waals surface area contributed by atoms with Crippen LogP contribution in [0.2, 0.25) is 5.02 Å². The van der Waals surface area contributed by atoms with Crippen LogP contribution in [0.1, 0.15) is 23.7 Å². The van der Waals surface area contributed by atoms with Gasteiger partial charge in [0.25, 0.3) is 0 Å². The third-order valence-corrected chi connectivity index (χ3v) is 4.64. The van der Waals surface area contributed by atoms with Gasteiger partial charge in [0.05, 0.1) is 15.8 Å². The van der Waals surface area contributed by atoms with Gasteiger partial charge < -0.3 is 5.32 Å². The van der Waals surface area contributed by atoms with Gasteiger partial charge in [0.2, 0.25) is 5.91 Å². The average molecular weight is 364 g/mol. The minimum absolute atomic E-state index is 0.0594. The van der Waals surface area contributed by atoms with Crippen molar-refractivity contribution in [3.05, 3.63) is 51.9 Å². The third-order valence-electron chi connectivity index (χ3n) is 3.27. The van der Waals surface area contributed by atoms with E-state index in [4.69, 9.17) is 11.6 Å². The molecule has 0 aliphatic rings. The lowest BCUT2D eigenvalue weighted by atomic mass is 10.1. The number of aryl methyl sites for hydroxylation is 2. The SMILES string of the molecule is Cc1cc(C)c(C#N)c(SC(C)C(=O)Nc2ccc(F)c(Cl)c2)n1. The predicted molar refractivity (Wildman–Crippen MR) is 93.8 cm³/mol. The molecule has 1 atom stereocenters. The molecular formula is C17H15ClFN3OS. The van der Waals surface area contributed by atoms with E-state index in [9.17, 15) is 14.4 Å². The fourth-order valence-corrected chi connectivity index (χ4v) is 3.27. The molecule has 0 saturated carbocycles. The van der Waals surface area contributed by atoms with E-state index in [0.29, 0.717) is 16.3 Å². The van der Waals surface area contributed by atoms with Crippen LogP contribution in [-0.2, 0) is 4.79 Å². The Labute approximate surface area is 149 Å². The van der Waals surface area contributed by atoms with Crippen LogP contribution < -0.4 is 5.32 Å². The summed E-state index contributed by atoms with van der Waals surface area (Å²) in [6, 6.07) is 7.93. The minimum atomic E-state index is -0.546. The van der Waals surface area contributed by atoms with Gasteiger partial charge in [-0.25, -0.2) is 9.37 Å². The predicted octanol–water partition coefficient (Wildman–Crippen LogP) is 4.48. The normalized spacial score (nSPS) is 11.7. The average Bonchev–Trinajstić information content (AvgIpc) is 2.50. The summed E-state index contributed by atoms with van der Waals surface area (Å²) in [5.41, 5.74) is 2.49. The van der Waals surface area contributed by atoms with Crippen LogP contribution in [-0.4, -0.2) is 16.1 Å². The van der Waals surface area contributed by atoms with Gasteiger partial charge in [-0.05, 0) is 50.6 Å². The van der Waals surface area contributed by atoms with Gasteiger partial charge in [-0.15, -0.1) is 0 Å². The molecule has 2 rings (SSSR count). The van der Waals surface area contributed by atoms with Crippen LogP contribution in [0.4, 0.5) is 10.1 Å². The standard InChI is InChI=1S/C17H15ClFN3OS/c1-9-6-10(2)21-17(13(9)8-20)24-11(3)16(23)22-12-4-5-15(19)14(18)7-12/h4-7,11H,1-3H3,(H,22,23). The first kappa shape index (κ1) is 18.2. The highest BCUT2D eigenvalue weighted by molar-refractivity contribution is 8.00. The van der Waals surface area contributed by atoms with Crippen LogP contribution in [0.5, 0.6) is 0 Å². The minimum Gasteiger partial charge on any atom is -0.325 e. The molecule has 0 saturated heterocycles. The summed E-state index contributed by atoms with van der Waals surface area (Å²) in [4.78, 5) is 16.7. The van der Waals surface area contributed by atoms with Crippen LogP contribution in [0.15, 0.2) is 29.3 Å². The summed E-state index contributed by atoms with van der Waals surface area (Å²) < 4.78 is 13.2. The monoisotopic (exact) mass is 363 g/mol. The van der Waals surface area contributed by atoms with E-state index < -0.39 is 11.1 Å². The second-order valence-corrected chi connectivity index (χ2v) is 6.99. The van der Waals surface area contributed by atoms with E-state index in [0.717, 1.165) is 11.3 Å². The number of benzene rings is 1. The second-order valence-electron chi connectivity index (χ2n) is 5.25. The maximum Gasteiger partial charge on any atom is 0.237 e. The van der Waals surface area contributed by atoms with E-state index in [1.807, 2.05) is 19.9 Å². The second kappa shape index (κ2) is 7.65. The van der Waals surface area contributed by atoms with Crippen molar-refractivity contribution < 1.29 is 9.18 Å². The first-order chi connectivity index (χ1) is 11.3. The lowest BCUT2D eigenvalue weighted by molar-refractivity contribution is -0.115. The Hall–Kier alpha value is -2.10. The number of hydrogen-bond donors (Lipinski definition) is 1. The van der Waals surface area contributed by atoms with Crippen molar-refractivity contribution in [2.45, 2.75) is 31.0 Å². The molecule has 0 bridgehead atoms. The Balaban J connectivity index is 2.15. The van der Waals surface area contributed by atoms with Crippen LogP contribution in [0.25, 0.3) is 0 Å². The molecule has 1 aromatic carbocycles. The lowest BCUT2D eigenvalue weighted by Crippen LogP contribution is -2.22. The topological polar surface area (TPSA) is 65.8 Å². The molecule has 1 heterocycles. The number of nitriles is 1. The van der Waals surface area contributed by atoms with Crippen molar-refractivity contribution in [3.63, 3.8) is 0 Å². The molecule has 124 valence electrons. The molecule has 1 aromatic heterocycles. The third kappa shape index (κ3) is 4.25. The summed E-state index contributed by atoms with van der Waals surface area (Å²) in [6.07, 6.45) is 0. The number of carbonyl (C=O) groups is 1. The molecule has 2 aromatic rings. The Kier molecular flexibility index (Phi) is 5.81. The van der Waals surface area contributed by atoms with Crippen molar-refractivity contribution in [3.8, 4) is 6.07 Å². The fraction of sp³-hybridized carbons (Fsp3) is 0.235. The summed E-state index contributed by atoms with van der Waals surface area (Å²) >= 11 is 6.91. The number of nitrogens with one attached hydrogen (secondary N) is 1. The smallest absolute Gasteiger partial charge is 0.237 e. The van der Waals surface area contributed by atoms with E-state index in [-0.39, 0.29) is 10.9 Å². The van der Waals surface area contributed by atoms with Gasteiger partial charge >= 0.3 is 0 Å². The molecule has 1 amide bonds. The maximum atomic E-state index is 13.2. The zero-order valence-electron chi connectivity index (χ0n) is 13.4. The number of carbonyl (C=O) groups excluding carboxylic acids is 1. The van der Waals surface area contributed by atoms with Gasteiger partial charge in [0.1, 0.15) is 16.9 Å². The quantitative estimate of drug-likeness (QED) is 0.813. The van der Waals surface area contributed by atoms with Gasteiger partial charge in [-0.2, -0.15) is 5.26 Å². The number of hydrogen-bond acceptors (Lipinski definition) is 4. The van der Waals surface area contributed by atoms with Crippen molar-refractivity contribution in [2.24, 2.45) is 0 Å². The summed E-state index contributed by atoms with van der Waals surface area (Å²) in [5, 5.41) is 11.9. The van der Waals surface area contributed by atoms with Crippen LogP contribution >= 0.6 is 23.4 Å². The summed E-state index contributed by atoms with van der Waals surface area (Å²) in [5.74, 6) is -0.831. The maximum absolute atomic E-state index is 13.2. The zero-order chi connectivity index (χ0) is 17.9. The number of halogens is 2. The summed E-state index contributed by atoms with van der Waals surface area (Å²) in [6.45, 7) is 5.39. The number of rotatable bonds is 4. The number of aromatic nitrogens is 1. The lowest BCUT2D eigenvalue weighted by Gasteiger charge is -2.14. The van der Waals surface area contributed by atoms with Crippen molar-refractivity contribution in [1.29, 1.82) is 5.26 Å². The van der Waals surface area contributed by atoms with Crippen molar-refractivity contribution in [2.75, 3.05) is 5.32 Å². The number of thioether (sulfide) groups is 1. The number of pyridine rings is 1. The van der Waals surface area contributed by atoms with Crippen LogP contribution in [0.3, 0.4) is 0 Å². The zero-order valence-corrected chi connectivity index (χ0v) is 14.9. The van der Waals surface area contributed by atoms with E-state index >= 15 is 0 Å². The molecule has 7 heteroatoms. The van der Waals surface area contributed by atoms with Gasteiger partial charge in [-0.3, -0.25) is 4.79 Å². The first-order valence-electron chi connectivity index (χ1n) is 7.12. The number of nitrogens with zero attached hydrogens (tertiary/aromatic N) is 2. The van der Waals surface area contributed by atoms with Gasteiger partial charge in [-0.1, -0.05) is 23.4 Å². The molecule has 0 spiro atoms. The molecule has 1 N–H and O–H groups in total. The molecule has 0 fully saturated rings. The number of amides is 1. The Morgan fingerprint density at radius 1 is 1.42 bits per heavy atom. The molecule has 1 unspecified atom stereocenters. The van der Waals surface area contributed by atoms with Gasteiger partial charge in [0.15, 0.2) is 0 Å². The van der Waals surface area contributed by atoms with Gasteiger partial charge in [0, 0.05) is 11.4 Å². The molecule has 4 nitrogen and oxygen atoms in total. The molecule has 0 radical (unpaired) electrons. The highest BCUT2D eigenvalue weighted by atomic mass is 35.5. The van der Waals surface area contributed by atoms with E-state index in [1.165, 1.54) is 30.0 Å². The summed E-state index contributed by atoms with van der Waals surface area (Å²) in [7, 11) is 0. The van der Waals surface area contributed by atoms with E-state index in [1.54, 1.807) is 6.92 Å². The van der Waals surface area contributed by atoms with Crippen LogP contribution in [0, 0.1) is 31.0 Å². The Morgan fingerprint density at radius 3 is 2.75 bits per heavy atom. The van der Waals surface area contributed by atoms with Crippen molar-refractivity contribution in [1.82, 2.24) is 4.98 Å². The fourth-order valence-electron chi connectivity index (χ4n) is 2.06. The highest BCUT2D eigenvalue weighted by Gasteiger charge is 2.19. The molecule has 0 aliphatic heterocycles. The number of anilines is 1. The Morgan fingerprint density at radius 2 is 2.12 bits per heavy atom. The largest absolute Gasteiger partial charge is 0.325 e. The molecule has 0 aliphatic carbocycles. The molecular weight excluding hydrogens is 349 g/mol. The molecule has 24 heavy (non-hydrogen) atoms.